The Bertz CT molecular complexity index is 690. The van der Waals surface area contributed by atoms with E-state index in [2.05, 4.69) is 23.2 Å². The maximum Gasteiger partial charge on any atom is 0.330 e. The normalized spacial score (nSPS) is 15.6. The topological polar surface area (TPSA) is 39.2 Å². The number of carbonyl (C=O) groups excluding carboxylic acids is 1. The molecule has 1 heterocycles. The fourth-order valence-electron chi connectivity index (χ4n) is 2.76. The van der Waals surface area contributed by atoms with E-state index < -0.39 is 0 Å². The molecule has 1 aliphatic carbocycles. The first kappa shape index (κ1) is 13.6. The van der Waals surface area contributed by atoms with Gasteiger partial charge in [0.1, 0.15) is 0 Å². The quantitative estimate of drug-likeness (QED) is 0.622. The van der Waals surface area contributed by atoms with Crippen LogP contribution < -0.4 is 0 Å². The molecule has 1 aliphatic rings. The SMILES string of the molecule is COC(=O)/C=C1\CCCc2ccc(-c3cccnc3)cc21. The Labute approximate surface area is 124 Å². The molecule has 3 heteroatoms. The van der Waals surface area contributed by atoms with E-state index in [1.54, 1.807) is 12.3 Å². The number of aromatic nitrogens is 1. The largest absolute Gasteiger partial charge is 0.466 e. The van der Waals surface area contributed by atoms with Crippen LogP contribution in [-0.4, -0.2) is 18.1 Å². The van der Waals surface area contributed by atoms with E-state index in [0.29, 0.717) is 0 Å². The Morgan fingerprint density at radius 3 is 2.90 bits per heavy atom. The molecule has 0 spiro atoms. The maximum absolute atomic E-state index is 11.5. The van der Waals surface area contributed by atoms with Gasteiger partial charge in [-0.1, -0.05) is 18.2 Å². The smallest absolute Gasteiger partial charge is 0.330 e. The third-order valence-corrected chi connectivity index (χ3v) is 3.84. The summed E-state index contributed by atoms with van der Waals surface area (Å²) in [6.45, 7) is 0. The number of rotatable bonds is 2. The highest BCUT2D eigenvalue weighted by molar-refractivity contribution is 5.92. The molecule has 0 saturated heterocycles. The zero-order valence-corrected chi connectivity index (χ0v) is 12.0. The summed E-state index contributed by atoms with van der Waals surface area (Å²) in [5.41, 5.74) is 5.73. The summed E-state index contributed by atoms with van der Waals surface area (Å²) >= 11 is 0. The number of carbonyl (C=O) groups is 1. The monoisotopic (exact) mass is 279 g/mol. The molecule has 21 heavy (non-hydrogen) atoms. The number of aryl methyl sites for hydroxylation is 1. The van der Waals surface area contributed by atoms with Gasteiger partial charge in [0, 0.05) is 24.0 Å². The van der Waals surface area contributed by atoms with Gasteiger partial charge in [-0.3, -0.25) is 4.98 Å². The third kappa shape index (κ3) is 2.87. The van der Waals surface area contributed by atoms with Gasteiger partial charge in [-0.25, -0.2) is 4.79 Å². The zero-order valence-electron chi connectivity index (χ0n) is 12.0. The third-order valence-electron chi connectivity index (χ3n) is 3.84. The van der Waals surface area contributed by atoms with Gasteiger partial charge in [-0.05, 0) is 53.7 Å². The van der Waals surface area contributed by atoms with E-state index in [-0.39, 0.29) is 5.97 Å². The molecule has 0 amide bonds. The molecule has 3 rings (SSSR count). The fourth-order valence-corrected chi connectivity index (χ4v) is 2.76. The molecule has 0 fully saturated rings. The lowest BCUT2D eigenvalue weighted by Crippen LogP contribution is -2.05. The number of allylic oxidation sites excluding steroid dienone is 1. The number of esters is 1. The lowest BCUT2D eigenvalue weighted by atomic mass is 9.85. The summed E-state index contributed by atoms with van der Waals surface area (Å²) in [5.74, 6) is -0.287. The molecule has 3 nitrogen and oxygen atoms in total. The van der Waals surface area contributed by atoms with Crippen LogP contribution >= 0.6 is 0 Å². The van der Waals surface area contributed by atoms with Gasteiger partial charge in [-0.2, -0.15) is 0 Å². The van der Waals surface area contributed by atoms with Crippen LogP contribution in [-0.2, 0) is 16.0 Å². The second kappa shape index (κ2) is 5.92. The number of hydrogen-bond acceptors (Lipinski definition) is 3. The minimum Gasteiger partial charge on any atom is -0.466 e. The number of hydrogen-bond donors (Lipinski definition) is 0. The maximum atomic E-state index is 11.5. The predicted molar refractivity (Wildman–Crippen MR) is 82.6 cm³/mol. The first-order valence-electron chi connectivity index (χ1n) is 7.10. The van der Waals surface area contributed by atoms with Crippen molar-refractivity contribution in [1.29, 1.82) is 0 Å². The predicted octanol–water partition coefficient (Wildman–Crippen LogP) is 3.64. The number of fused-ring (bicyclic) bond motifs is 1. The van der Waals surface area contributed by atoms with Crippen molar-refractivity contribution in [3.8, 4) is 11.1 Å². The molecule has 0 atom stereocenters. The van der Waals surface area contributed by atoms with Gasteiger partial charge in [0.05, 0.1) is 7.11 Å². The standard InChI is InChI=1S/C18H17NO2/c1-21-18(20)11-15-5-2-4-13-7-8-14(10-17(13)15)16-6-3-9-19-12-16/h3,6-12H,2,4-5H2,1H3/b15-11+. The first-order valence-corrected chi connectivity index (χ1v) is 7.10. The summed E-state index contributed by atoms with van der Waals surface area (Å²) in [7, 11) is 1.41. The average Bonchev–Trinajstić information content (AvgIpc) is 2.55. The van der Waals surface area contributed by atoms with Gasteiger partial charge in [0.2, 0.25) is 0 Å². The first-order chi connectivity index (χ1) is 10.3. The highest BCUT2D eigenvalue weighted by Crippen LogP contribution is 2.33. The molecule has 106 valence electrons. The van der Waals surface area contributed by atoms with Gasteiger partial charge < -0.3 is 4.74 Å². The van der Waals surface area contributed by atoms with E-state index in [1.165, 1.54) is 12.7 Å². The highest BCUT2D eigenvalue weighted by Gasteiger charge is 2.16. The summed E-state index contributed by atoms with van der Waals surface area (Å²) in [5, 5.41) is 0. The van der Waals surface area contributed by atoms with Crippen LogP contribution in [0, 0.1) is 0 Å². The molecule has 0 bridgehead atoms. The van der Waals surface area contributed by atoms with Crippen molar-refractivity contribution in [2.24, 2.45) is 0 Å². The van der Waals surface area contributed by atoms with Crippen LogP contribution in [0.15, 0.2) is 48.8 Å². The van der Waals surface area contributed by atoms with Crippen molar-refractivity contribution >= 4 is 11.5 Å². The van der Waals surface area contributed by atoms with Gasteiger partial charge >= 0.3 is 5.97 Å². The highest BCUT2D eigenvalue weighted by atomic mass is 16.5. The second-order valence-electron chi connectivity index (χ2n) is 5.16. The van der Waals surface area contributed by atoms with Gasteiger partial charge in [-0.15, -0.1) is 0 Å². The summed E-state index contributed by atoms with van der Waals surface area (Å²) < 4.78 is 4.76. The Balaban J connectivity index is 2.05. The second-order valence-corrected chi connectivity index (χ2v) is 5.16. The van der Waals surface area contributed by atoms with Crippen molar-refractivity contribution in [1.82, 2.24) is 4.98 Å². The van der Waals surface area contributed by atoms with Crippen LogP contribution in [0.5, 0.6) is 0 Å². The number of methoxy groups -OCH3 is 1. The molecular formula is C18H17NO2. The van der Waals surface area contributed by atoms with Crippen molar-refractivity contribution in [2.75, 3.05) is 7.11 Å². The molecule has 0 N–H and O–H groups in total. The van der Waals surface area contributed by atoms with Crippen LogP contribution in [0.1, 0.15) is 24.0 Å². The summed E-state index contributed by atoms with van der Waals surface area (Å²) in [6, 6.07) is 10.4. The number of benzene rings is 1. The molecule has 2 aromatic rings. The van der Waals surface area contributed by atoms with Crippen molar-refractivity contribution in [3.05, 3.63) is 59.9 Å². The molecular weight excluding hydrogens is 262 g/mol. The Hall–Kier alpha value is -2.42. The van der Waals surface area contributed by atoms with E-state index >= 15 is 0 Å². The average molecular weight is 279 g/mol. The molecule has 1 aromatic heterocycles. The minimum absolute atomic E-state index is 0.287. The van der Waals surface area contributed by atoms with Crippen molar-refractivity contribution in [3.63, 3.8) is 0 Å². The molecule has 0 aliphatic heterocycles. The molecule has 0 radical (unpaired) electrons. The van der Waals surface area contributed by atoms with E-state index in [1.807, 2.05) is 18.3 Å². The number of nitrogens with zero attached hydrogens (tertiary/aromatic N) is 1. The van der Waals surface area contributed by atoms with Gasteiger partial charge in [0.15, 0.2) is 0 Å². The van der Waals surface area contributed by atoms with Crippen molar-refractivity contribution in [2.45, 2.75) is 19.3 Å². The van der Waals surface area contributed by atoms with Crippen LogP contribution in [0.2, 0.25) is 0 Å². The van der Waals surface area contributed by atoms with E-state index in [0.717, 1.165) is 41.5 Å². The van der Waals surface area contributed by atoms with Crippen molar-refractivity contribution < 1.29 is 9.53 Å². The zero-order chi connectivity index (χ0) is 14.7. The van der Waals surface area contributed by atoms with Crippen LogP contribution in [0.4, 0.5) is 0 Å². The molecule has 0 saturated carbocycles. The van der Waals surface area contributed by atoms with Crippen LogP contribution in [0.25, 0.3) is 16.7 Å². The fraction of sp³-hybridized carbons (Fsp3) is 0.222. The lowest BCUT2D eigenvalue weighted by Gasteiger charge is -2.20. The Morgan fingerprint density at radius 1 is 1.24 bits per heavy atom. The lowest BCUT2D eigenvalue weighted by molar-refractivity contribution is -0.134. The van der Waals surface area contributed by atoms with Gasteiger partial charge in [0.25, 0.3) is 0 Å². The Kier molecular flexibility index (Phi) is 3.82. The number of pyridine rings is 1. The Morgan fingerprint density at radius 2 is 2.14 bits per heavy atom. The molecule has 1 aromatic carbocycles. The molecule has 0 unspecified atom stereocenters. The minimum atomic E-state index is -0.287. The summed E-state index contributed by atoms with van der Waals surface area (Å²) in [4.78, 5) is 15.7. The van der Waals surface area contributed by atoms with E-state index in [4.69, 9.17) is 4.74 Å². The number of ether oxygens (including phenoxy) is 1. The van der Waals surface area contributed by atoms with E-state index in [9.17, 15) is 4.79 Å². The van der Waals surface area contributed by atoms with Crippen LogP contribution in [0.3, 0.4) is 0 Å². The summed E-state index contributed by atoms with van der Waals surface area (Å²) in [6.07, 6.45) is 8.28.